The van der Waals surface area contributed by atoms with Crippen LogP contribution in [0.1, 0.15) is 28.0 Å². The van der Waals surface area contributed by atoms with E-state index in [0.29, 0.717) is 5.01 Å². The summed E-state index contributed by atoms with van der Waals surface area (Å²) in [4.78, 5) is 25.5. The van der Waals surface area contributed by atoms with Gasteiger partial charge in [0, 0.05) is 18.0 Å². The van der Waals surface area contributed by atoms with Crippen LogP contribution in [-0.4, -0.2) is 22.0 Å². The monoisotopic (exact) mass is 288 g/mol. The molecule has 0 aliphatic rings. The van der Waals surface area contributed by atoms with E-state index in [2.05, 4.69) is 10.3 Å². The van der Waals surface area contributed by atoms with Crippen LogP contribution in [0.2, 0.25) is 0 Å². The molecule has 5 nitrogen and oxygen atoms in total. The number of aromatic carboxylic acids is 1. The first-order valence-corrected chi connectivity index (χ1v) is 6.67. The van der Waals surface area contributed by atoms with E-state index in [0.717, 1.165) is 11.3 Å². The van der Waals surface area contributed by atoms with Gasteiger partial charge in [0.1, 0.15) is 5.01 Å². The van der Waals surface area contributed by atoms with Crippen molar-refractivity contribution < 1.29 is 14.7 Å². The zero-order chi connectivity index (χ0) is 14.5. The predicted octanol–water partition coefficient (Wildman–Crippen LogP) is 2.97. The number of carboxylic acids is 1. The molecular formula is C14H12N2O3S. The smallest absolute Gasteiger partial charge is 0.355 e. The lowest BCUT2D eigenvalue weighted by Crippen LogP contribution is -2.05. The molecule has 0 fully saturated rings. The molecule has 1 amide bonds. The van der Waals surface area contributed by atoms with E-state index in [9.17, 15) is 9.59 Å². The maximum Gasteiger partial charge on any atom is 0.355 e. The molecule has 2 rings (SSSR count). The van der Waals surface area contributed by atoms with Crippen molar-refractivity contribution in [2.24, 2.45) is 0 Å². The van der Waals surface area contributed by atoms with Crippen LogP contribution in [0.25, 0.3) is 12.2 Å². The molecule has 1 aromatic heterocycles. The molecule has 2 aromatic rings. The number of aromatic nitrogens is 1. The topological polar surface area (TPSA) is 79.3 Å². The number of hydrogen-bond acceptors (Lipinski definition) is 4. The fourth-order valence-corrected chi connectivity index (χ4v) is 2.19. The average molecular weight is 288 g/mol. The van der Waals surface area contributed by atoms with Crippen molar-refractivity contribution in [1.29, 1.82) is 0 Å². The highest BCUT2D eigenvalue weighted by Gasteiger charge is 2.06. The number of nitrogens with one attached hydrogen (secondary N) is 1. The van der Waals surface area contributed by atoms with Crippen LogP contribution < -0.4 is 5.32 Å². The number of nitrogens with zero attached hydrogens (tertiary/aromatic N) is 1. The third kappa shape index (κ3) is 3.76. The third-order valence-corrected chi connectivity index (χ3v) is 3.20. The Kier molecular flexibility index (Phi) is 4.27. The highest BCUT2D eigenvalue weighted by molar-refractivity contribution is 7.10. The van der Waals surface area contributed by atoms with Gasteiger partial charge in [-0.05, 0) is 23.8 Å². The van der Waals surface area contributed by atoms with Crippen molar-refractivity contribution in [1.82, 2.24) is 4.98 Å². The van der Waals surface area contributed by atoms with Crippen LogP contribution in [0.15, 0.2) is 29.6 Å². The number of hydrogen-bond donors (Lipinski definition) is 2. The number of rotatable bonds is 4. The van der Waals surface area contributed by atoms with Crippen LogP contribution in [0.3, 0.4) is 0 Å². The van der Waals surface area contributed by atoms with Crippen LogP contribution in [0.4, 0.5) is 5.69 Å². The molecule has 0 spiro atoms. The summed E-state index contributed by atoms with van der Waals surface area (Å²) < 4.78 is 0. The quantitative estimate of drug-likeness (QED) is 0.906. The lowest BCUT2D eigenvalue weighted by molar-refractivity contribution is -0.114. The normalized spacial score (nSPS) is 10.7. The zero-order valence-corrected chi connectivity index (χ0v) is 11.5. The van der Waals surface area contributed by atoms with Gasteiger partial charge in [0.2, 0.25) is 5.91 Å². The first kappa shape index (κ1) is 14.0. The molecule has 0 radical (unpaired) electrons. The molecule has 20 heavy (non-hydrogen) atoms. The number of carbonyl (C=O) groups excluding carboxylic acids is 1. The van der Waals surface area contributed by atoms with Crippen LogP contribution >= 0.6 is 11.3 Å². The second-order valence-corrected chi connectivity index (χ2v) is 4.90. The number of carbonyl (C=O) groups is 2. The third-order valence-electron chi connectivity index (χ3n) is 2.39. The van der Waals surface area contributed by atoms with Gasteiger partial charge in [0.05, 0.1) is 0 Å². The summed E-state index contributed by atoms with van der Waals surface area (Å²) in [7, 11) is 0. The Bertz CT molecular complexity index is 659. The highest BCUT2D eigenvalue weighted by atomic mass is 32.1. The maximum absolute atomic E-state index is 10.9. The number of anilines is 1. The summed E-state index contributed by atoms with van der Waals surface area (Å²) in [5.41, 5.74) is 1.72. The molecule has 0 saturated carbocycles. The molecule has 6 heteroatoms. The van der Waals surface area contributed by atoms with Crippen molar-refractivity contribution in [3.8, 4) is 0 Å². The molecule has 0 aliphatic carbocycles. The van der Waals surface area contributed by atoms with E-state index in [1.807, 2.05) is 18.2 Å². The van der Waals surface area contributed by atoms with E-state index >= 15 is 0 Å². The van der Waals surface area contributed by atoms with E-state index in [1.54, 1.807) is 18.2 Å². The van der Waals surface area contributed by atoms with E-state index in [1.165, 1.54) is 23.6 Å². The van der Waals surface area contributed by atoms with Gasteiger partial charge in [-0.3, -0.25) is 4.79 Å². The van der Waals surface area contributed by atoms with Crippen LogP contribution in [0, 0.1) is 0 Å². The SMILES string of the molecule is CC(=O)Nc1ccc(/C=C/c2nc(C(=O)O)cs2)cc1. The second kappa shape index (κ2) is 6.12. The Labute approximate surface area is 119 Å². The summed E-state index contributed by atoms with van der Waals surface area (Å²) in [6, 6.07) is 7.30. The molecule has 0 aliphatic heterocycles. The number of thiazole rings is 1. The Hall–Kier alpha value is -2.47. The lowest BCUT2D eigenvalue weighted by Gasteiger charge is -2.01. The van der Waals surface area contributed by atoms with Crippen LogP contribution in [-0.2, 0) is 4.79 Å². The lowest BCUT2D eigenvalue weighted by atomic mass is 10.2. The van der Waals surface area contributed by atoms with Gasteiger partial charge in [-0.25, -0.2) is 9.78 Å². The van der Waals surface area contributed by atoms with Gasteiger partial charge in [0.25, 0.3) is 0 Å². The highest BCUT2D eigenvalue weighted by Crippen LogP contribution is 2.15. The first-order valence-electron chi connectivity index (χ1n) is 5.79. The summed E-state index contributed by atoms with van der Waals surface area (Å²) >= 11 is 1.27. The van der Waals surface area contributed by atoms with Crippen molar-refractivity contribution in [2.75, 3.05) is 5.32 Å². The molecule has 102 valence electrons. The number of carboxylic acid groups (broad SMARTS) is 1. The minimum atomic E-state index is -1.03. The summed E-state index contributed by atoms with van der Waals surface area (Å²) in [6.07, 6.45) is 3.59. The van der Waals surface area contributed by atoms with Gasteiger partial charge >= 0.3 is 5.97 Å². The average Bonchev–Trinajstić information content (AvgIpc) is 2.86. The molecule has 0 saturated heterocycles. The van der Waals surface area contributed by atoms with E-state index < -0.39 is 5.97 Å². The number of benzene rings is 1. The Morgan fingerprint density at radius 1 is 1.25 bits per heavy atom. The number of amides is 1. The van der Waals surface area contributed by atoms with E-state index in [-0.39, 0.29) is 11.6 Å². The van der Waals surface area contributed by atoms with Gasteiger partial charge in [-0.1, -0.05) is 18.2 Å². The summed E-state index contributed by atoms with van der Waals surface area (Å²) in [6.45, 7) is 1.45. The second-order valence-electron chi connectivity index (χ2n) is 4.01. The van der Waals surface area contributed by atoms with Crippen LogP contribution in [0.5, 0.6) is 0 Å². The van der Waals surface area contributed by atoms with Gasteiger partial charge in [0.15, 0.2) is 5.69 Å². The van der Waals surface area contributed by atoms with Gasteiger partial charge in [-0.15, -0.1) is 11.3 Å². The maximum atomic E-state index is 10.9. The minimum Gasteiger partial charge on any atom is -0.476 e. The summed E-state index contributed by atoms with van der Waals surface area (Å²) in [5.74, 6) is -1.14. The standard InChI is InChI=1S/C14H12N2O3S/c1-9(17)15-11-5-2-10(3-6-11)4-7-13-16-12(8-20-13)14(18)19/h2-8H,1H3,(H,15,17)(H,18,19)/b7-4+. The van der Waals surface area contributed by atoms with Gasteiger partial charge < -0.3 is 10.4 Å². The Morgan fingerprint density at radius 3 is 2.50 bits per heavy atom. The Balaban J connectivity index is 2.06. The molecule has 2 N–H and O–H groups in total. The molecule has 0 bridgehead atoms. The van der Waals surface area contributed by atoms with Gasteiger partial charge in [-0.2, -0.15) is 0 Å². The minimum absolute atomic E-state index is 0.0515. The summed E-state index contributed by atoms with van der Waals surface area (Å²) in [5, 5.41) is 13.6. The Morgan fingerprint density at radius 2 is 1.95 bits per heavy atom. The predicted molar refractivity (Wildman–Crippen MR) is 78.7 cm³/mol. The van der Waals surface area contributed by atoms with E-state index in [4.69, 9.17) is 5.11 Å². The molecule has 0 atom stereocenters. The molecule has 0 unspecified atom stereocenters. The van der Waals surface area contributed by atoms with Crippen molar-refractivity contribution in [3.05, 3.63) is 45.9 Å². The fraction of sp³-hybridized carbons (Fsp3) is 0.0714. The fourth-order valence-electron chi connectivity index (χ4n) is 1.51. The largest absolute Gasteiger partial charge is 0.476 e. The van der Waals surface area contributed by atoms with Crippen molar-refractivity contribution in [2.45, 2.75) is 6.92 Å². The van der Waals surface area contributed by atoms with Crippen molar-refractivity contribution in [3.63, 3.8) is 0 Å². The zero-order valence-electron chi connectivity index (χ0n) is 10.7. The molecule has 1 heterocycles. The molecular weight excluding hydrogens is 276 g/mol. The molecule has 1 aromatic carbocycles. The van der Waals surface area contributed by atoms with Crippen molar-refractivity contribution >= 4 is 41.1 Å². The first-order chi connectivity index (χ1) is 9.54.